The Bertz CT molecular complexity index is 1320. The van der Waals surface area contributed by atoms with Crippen LogP contribution in [0.5, 0.6) is 5.75 Å². The molecule has 1 fully saturated rings. The minimum absolute atomic E-state index is 0. The van der Waals surface area contributed by atoms with Gasteiger partial charge in [0.05, 0.1) is 24.5 Å². The highest BCUT2D eigenvalue weighted by molar-refractivity contribution is 9.10. The molecule has 0 bridgehead atoms. The van der Waals surface area contributed by atoms with Gasteiger partial charge in [-0.05, 0) is 60.9 Å². The van der Waals surface area contributed by atoms with Crippen molar-refractivity contribution >= 4 is 34.2 Å². The van der Waals surface area contributed by atoms with Crippen LogP contribution < -0.4 is 20.9 Å². The number of carbonyl (C=O) groups excluding carboxylic acids is 1. The Morgan fingerprint density at radius 1 is 1.19 bits per heavy atom. The Kier molecular flexibility index (Phi) is 10.1. The molecule has 1 aromatic carbocycles. The Labute approximate surface area is 227 Å². The minimum atomic E-state index is -0.724. The van der Waals surface area contributed by atoms with E-state index in [1.807, 2.05) is 0 Å². The van der Waals surface area contributed by atoms with Gasteiger partial charge in [0.2, 0.25) is 5.91 Å². The van der Waals surface area contributed by atoms with Crippen molar-refractivity contribution in [1.82, 2.24) is 25.2 Å². The van der Waals surface area contributed by atoms with Gasteiger partial charge in [0, 0.05) is 41.7 Å². The molecule has 198 valence electrons. The number of carbonyl (C=O) groups is 1. The fourth-order valence-corrected chi connectivity index (χ4v) is 4.48. The largest absolute Gasteiger partial charge is 0.487 e. The van der Waals surface area contributed by atoms with Gasteiger partial charge in [-0.15, -0.1) is 12.4 Å². The lowest BCUT2D eigenvalue weighted by Gasteiger charge is -2.22. The van der Waals surface area contributed by atoms with Crippen molar-refractivity contribution < 1.29 is 18.3 Å². The van der Waals surface area contributed by atoms with Gasteiger partial charge in [0.1, 0.15) is 28.5 Å². The lowest BCUT2D eigenvalue weighted by Crippen LogP contribution is -2.38. The zero-order chi connectivity index (χ0) is 25.7. The fraction of sp³-hybridized carbons (Fsp3) is 0.360. The number of rotatable bonds is 8. The van der Waals surface area contributed by atoms with Crippen molar-refractivity contribution in [2.75, 3.05) is 13.1 Å². The predicted octanol–water partition coefficient (Wildman–Crippen LogP) is 3.65. The summed E-state index contributed by atoms with van der Waals surface area (Å²) in [7, 11) is 0. The second kappa shape index (κ2) is 13.1. The molecular weight excluding hydrogens is 572 g/mol. The number of halogens is 4. The number of hydrogen-bond acceptors (Lipinski definition) is 6. The molecule has 1 amide bonds. The number of pyridine rings is 1. The second-order valence-electron chi connectivity index (χ2n) is 8.57. The van der Waals surface area contributed by atoms with E-state index in [1.54, 1.807) is 19.2 Å². The highest BCUT2D eigenvalue weighted by Crippen LogP contribution is 2.24. The average molecular weight is 599 g/mol. The van der Waals surface area contributed by atoms with Crippen LogP contribution in [0, 0.1) is 24.5 Å². The van der Waals surface area contributed by atoms with E-state index < -0.39 is 11.6 Å². The summed E-state index contributed by atoms with van der Waals surface area (Å²) in [6, 6.07) is 4.88. The minimum Gasteiger partial charge on any atom is -0.487 e. The van der Waals surface area contributed by atoms with E-state index in [0.717, 1.165) is 38.1 Å². The van der Waals surface area contributed by atoms with Gasteiger partial charge in [-0.25, -0.2) is 8.78 Å². The second-order valence-corrected chi connectivity index (χ2v) is 9.36. The summed E-state index contributed by atoms with van der Waals surface area (Å²) in [6.07, 6.45) is 4.68. The highest BCUT2D eigenvalue weighted by Gasteiger charge is 2.21. The van der Waals surface area contributed by atoms with Gasteiger partial charge < -0.3 is 19.9 Å². The molecule has 0 spiro atoms. The molecule has 0 saturated carbocycles. The van der Waals surface area contributed by atoms with Gasteiger partial charge in [-0.1, -0.05) is 0 Å². The molecule has 1 aliphatic heterocycles. The summed E-state index contributed by atoms with van der Waals surface area (Å²) in [4.78, 5) is 34.4. The number of piperidine rings is 1. The summed E-state index contributed by atoms with van der Waals surface area (Å²) in [5, 5.41) is 6.19. The van der Waals surface area contributed by atoms with Crippen LogP contribution in [-0.4, -0.2) is 33.5 Å². The molecule has 37 heavy (non-hydrogen) atoms. The molecule has 1 saturated heterocycles. The molecule has 4 rings (SSSR count). The summed E-state index contributed by atoms with van der Waals surface area (Å²) in [5.74, 6) is -1.19. The number of hydrogen-bond donors (Lipinski definition) is 2. The third-order valence-corrected chi connectivity index (χ3v) is 6.85. The van der Waals surface area contributed by atoms with E-state index in [4.69, 9.17) is 4.74 Å². The summed E-state index contributed by atoms with van der Waals surface area (Å²) in [6.45, 7) is 3.58. The number of aromatic nitrogens is 3. The van der Waals surface area contributed by atoms with E-state index in [1.165, 1.54) is 16.8 Å². The molecule has 2 N–H and O–H groups in total. The molecule has 0 unspecified atom stereocenters. The van der Waals surface area contributed by atoms with Crippen LogP contribution in [0.2, 0.25) is 0 Å². The van der Waals surface area contributed by atoms with Gasteiger partial charge in [0.25, 0.3) is 5.56 Å². The first kappa shape index (κ1) is 28.7. The zero-order valence-electron chi connectivity index (χ0n) is 20.1. The Balaban J connectivity index is 0.00000380. The SMILES string of the molecule is Cc1cc(OCc2ccc(F)cc2F)c(Br)c(=O)n1Cc1nccnc1CNC(=O)C1CCNCC1.Cl. The molecule has 1 aliphatic rings. The smallest absolute Gasteiger partial charge is 0.269 e. The molecule has 3 heterocycles. The summed E-state index contributed by atoms with van der Waals surface area (Å²) in [5.41, 5.74) is 1.53. The standard InChI is InChI=1S/C25H26BrF2N5O3.ClH/c1-15-10-22(36-14-17-2-3-18(27)11-19(17)28)23(26)25(35)33(15)13-21-20(30-8-9-31-21)12-32-24(34)16-4-6-29-7-5-16;/h2-3,8-11,16,29H,4-7,12-14H2,1H3,(H,32,34);1H. The van der Waals surface area contributed by atoms with E-state index in [2.05, 4.69) is 36.5 Å². The molecule has 0 atom stereocenters. The first-order valence-electron chi connectivity index (χ1n) is 11.6. The molecule has 8 nitrogen and oxygen atoms in total. The number of nitrogens with zero attached hydrogens (tertiary/aromatic N) is 3. The van der Waals surface area contributed by atoms with Crippen LogP contribution in [0.1, 0.15) is 35.5 Å². The van der Waals surface area contributed by atoms with Gasteiger partial charge in [0.15, 0.2) is 0 Å². The maximum absolute atomic E-state index is 13.9. The maximum atomic E-state index is 13.9. The van der Waals surface area contributed by atoms with Crippen LogP contribution in [0.15, 0.2) is 45.9 Å². The third-order valence-electron chi connectivity index (χ3n) is 6.12. The number of nitrogens with one attached hydrogen (secondary N) is 2. The van der Waals surface area contributed by atoms with Crippen molar-refractivity contribution in [3.8, 4) is 5.75 Å². The van der Waals surface area contributed by atoms with E-state index in [-0.39, 0.29) is 65.3 Å². The van der Waals surface area contributed by atoms with Crippen LogP contribution in [-0.2, 0) is 24.5 Å². The number of aryl methyl sites for hydroxylation is 1. The third kappa shape index (κ3) is 7.12. The van der Waals surface area contributed by atoms with E-state index in [0.29, 0.717) is 17.1 Å². The first-order valence-corrected chi connectivity index (χ1v) is 12.4. The van der Waals surface area contributed by atoms with Crippen LogP contribution in [0.4, 0.5) is 8.78 Å². The van der Waals surface area contributed by atoms with Gasteiger partial charge >= 0.3 is 0 Å². The first-order chi connectivity index (χ1) is 17.3. The van der Waals surface area contributed by atoms with Crippen LogP contribution >= 0.6 is 28.3 Å². The highest BCUT2D eigenvalue weighted by atomic mass is 79.9. The predicted molar refractivity (Wildman–Crippen MR) is 140 cm³/mol. The average Bonchev–Trinajstić information content (AvgIpc) is 2.88. The Morgan fingerprint density at radius 3 is 2.59 bits per heavy atom. The van der Waals surface area contributed by atoms with Crippen LogP contribution in [0.3, 0.4) is 0 Å². The lowest BCUT2D eigenvalue weighted by atomic mass is 9.97. The zero-order valence-corrected chi connectivity index (χ0v) is 22.5. The number of benzene rings is 1. The van der Waals surface area contributed by atoms with Gasteiger partial charge in [-0.3, -0.25) is 19.6 Å². The maximum Gasteiger partial charge on any atom is 0.269 e. The van der Waals surface area contributed by atoms with Crippen molar-refractivity contribution in [3.63, 3.8) is 0 Å². The Morgan fingerprint density at radius 2 is 1.89 bits per heavy atom. The summed E-state index contributed by atoms with van der Waals surface area (Å²) < 4.78 is 34.4. The number of ether oxygens (including phenoxy) is 1. The topological polar surface area (TPSA) is 98.1 Å². The Hall–Kier alpha value is -2.89. The van der Waals surface area contributed by atoms with E-state index >= 15 is 0 Å². The lowest BCUT2D eigenvalue weighted by molar-refractivity contribution is -0.125. The van der Waals surface area contributed by atoms with E-state index in [9.17, 15) is 18.4 Å². The van der Waals surface area contributed by atoms with Gasteiger partial charge in [-0.2, -0.15) is 0 Å². The normalized spacial score (nSPS) is 13.6. The molecule has 12 heteroatoms. The van der Waals surface area contributed by atoms with Crippen molar-refractivity contribution in [3.05, 3.63) is 85.8 Å². The molecule has 0 radical (unpaired) electrons. The number of amides is 1. The molecule has 3 aromatic rings. The van der Waals surface area contributed by atoms with Crippen molar-refractivity contribution in [1.29, 1.82) is 0 Å². The fourth-order valence-electron chi connectivity index (χ4n) is 4.04. The monoisotopic (exact) mass is 597 g/mol. The van der Waals surface area contributed by atoms with Crippen molar-refractivity contribution in [2.45, 2.75) is 39.5 Å². The molecule has 2 aromatic heterocycles. The molecule has 0 aliphatic carbocycles. The van der Waals surface area contributed by atoms with Crippen molar-refractivity contribution in [2.24, 2.45) is 5.92 Å². The van der Waals surface area contributed by atoms with Crippen LogP contribution in [0.25, 0.3) is 0 Å². The quantitative estimate of drug-likeness (QED) is 0.411. The summed E-state index contributed by atoms with van der Waals surface area (Å²) >= 11 is 3.28. The molecular formula is C25H27BrClF2N5O3.